The fourth-order valence-corrected chi connectivity index (χ4v) is 6.49. The van der Waals surface area contributed by atoms with Gasteiger partial charge in [-0.2, -0.15) is 13.2 Å². The van der Waals surface area contributed by atoms with E-state index in [-0.39, 0.29) is 17.9 Å². The van der Waals surface area contributed by atoms with Gasteiger partial charge in [-0.3, -0.25) is 5.21 Å². The Morgan fingerprint density at radius 3 is 2.21 bits per heavy atom. The van der Waals surface area contributed by atoms with E-state index in [1.54, 1.807) is 12.1 Å². The maximum absolute atomic E-state index is 15.9. The predicted octanol–water partition coefficient (Wildman–Crippen LogP) is 7.61. The zero-order valence-corrected chi connectivity index (χ0v) is 21.9. The number of nitrogens with zero attached hydrogens (tertiary/aromatic N) is 1. The van der Waals surface area contributed by atoms with Gasteiger partial charge in [-0.05, 0) is 66.5 Å². The molecule has 1 aromatic heterocycles. The summed E-state index contributed by atoms with van der Waals surface area (Å²) in [5, 5.41) is 11.6. The molecule has 1 spiro atoms. The Morgan fingerprint density at radius 2 is 1.67 bits per heavy atom. The van der Waals surface area contributed by atoms with Crippen LogP contribution in [0.25, 0.3) is 11.1 Å². The minimum atomic E-state index is -4.51. The monoisotopic (exact) mass is 544 g/mol. The number of halogens is 5. The van der Waals surface area contributed by atoms with E-state index < -0.39 is 29.3 Å². The first kappa shape index (κ1) is 26.2. The summed E-state index contributed by atoms with van der Waals surface area (Å²) in [7, 11) is 0. The second-order valence-corrected chi connectivity index (χ2v) is 11.6. The summed E-state index contributed by atoms with van der Waals surface area (Å²) in [6.07, 6.45) is -2.48. The third-order valence-corrected chi connectivity index (χ3v) is 8.58. The molecule has 39 heavy (non-hydrogen) atoms. The molecule has 3 nitrogen and oxygen atoms in total. The highest BCUT2D eigenvalue weighted by Crippen LogP contribution is 2.57. The largest absolute Gasteiger partial charge is 0.416 e. The lowest BCUT2D eigenvalue weighted by molar-refractivity contribution is -0.915. The molecule has 0 amide bonds. The molecule has 2 aliphatic carbocycles. The van der Waals surface area contributed by atoms with Gasteiger partial charge >= 0.3 is 6.18 Å². The van der Waals surface area contributed by atoms with Crippen LogP contribution in [0.15, 0.2) is 48.5 Å². The predicted molar refractivity (Wildman–Crippen MR) is 134 cm³/mol. The molecule has 3 aromatic rings. The van der Waals surface area contributed by atoms with Crippen LogP contribution in [0.1, 0.15) is 78.8 Å². The van der Waals surface area contributed by atoms with E-state index in [9.17, 15) is 22.8 Å². The molecule has 1 saturated heterocycles. The van der Waals surface area contributed by atoms with E-state index in [1.165, 1.54) is 16.9 Å². The van der Waals surface area contributed by atoms with Gasteiger partial charge in [-0.15, -0.1) is 0 Å². The number of alkyl halides is 4. The van der Waals surface area contributed by atoms with Crippen LogP contribution in [0.3, 0.4) is 0 Å². The van der Waals surface area contributed by atoms with Crippen molar-refractivity contribution in [2.45, 2.75) is 69.8 Å². The summed E-state index contributed by atoms with van der Waals surface area (Å²) in [5.41, 5.74) is 2.83. The van der Waals surface area contributed by atoms with Crippen molar-refractivity contribution >= 4 is 0 Å². The van der Waals surface area contributed by atoms with Gasteiger partial charge in [0.2, 0.25) is 11.4 Å². The Labute approximate surface area is 224 Å². The summed E-state index contributed by atoms with van der Waals surface area (Å²) in [5.74, 6) is 0.398. The fourth-order valence-electron chi connectivity index (χ4n) is 6.49. The van der Waals surface area contributed by atoms with Gasteiger partial charge in [-0.25, -0.2) is 8.78 Å². The second kappa shape index (κ2) is 9.29. The Hall–Kier alpha value is -3.00. The van der Waals surface area contributed by atoms with Crippen molar-refractivity contribution in [1.82, 2.24) is 0 Å². The van der Waals surface area contributed by atoms with Gasteiger partial charge in [0, 0.05) is 34.6 Å². The summed E-state index contributed by atoms with van der Waals surface area (Å²) in [6.45, 7) is 4.33. The summed E-state index contributed by atoms with van der Waals surface area (Å²) < 4.78 is 76.5. The summed E-state index contributed by atoms with van der Waals surface area (Å²) >= 11 is 0. The smallest absolute Gasteiger partial charge is 0.364 e. The minimum absolute atomic E-state index is 0.121. The van der Waals surface area contributed by atoms with Gasteiger partial charge in [-0.1, -0.05) is 38.1 Å². The van der Waals surface area contributed by atoms with Crippen molar-refractivity contribution < 1.29 is 36.6 Å². The highest BCUT2D eigenvalue weighted by atomic mass is 19.4. The Balaban J connectivity index is 1.52. The van der Waals surface area contributed by atoms with Gasteiger partial charge < -0.3 is 4.74 Å². The van der Waals surface area contributed by atoms with Gasteiger partial charge in [0.25, 0.3) is 0 Å². The number of benzene rings is 2. The van der Waals surface area contributed by atoms with Crippen LogP contribution in [0.5, 0.6) is 0 Å². The van der Waals surface area contributed by atoms with E-state index in [0.717, 1.165) is 60.3 Å². The highest BCUT2D eigenvalue weighted by Gasteiger charge is 2.59. The lowest BCUT2D eigenvalue weighted by atomic mass is 9.72. The van der Waals surface area contributed by atoms with Gasteiger partial charge in [0.1, 0.15) is 17.6 Å². The van der Waals surface area contributed by atoms with Crippen molar-refractivity contribution in [2.24, 2.45) is 11.8 Å². The maximum Gasteiger partial charge on any atom is 0.416 e. The molecule has 3 aliphatic rings. The zero-order valence-electron chi connectivity index (χ0n) is 21.9. The number of hydrogen-bond acceptors (Lipinski definition) is 2. The fraction of sp³-hybridized carbons (Fsp3) is 0.452. The molecular weight excluding hydrogens is 513 g/mol. The molecule has 2 fully saturated rings. The van der Waals surface area contributed by atoms with Crippen LogP contribution in [-0.4, -0.2) is 11.8 Å². The van der Waals surface area contributed by atoms with Crippen LogP contribution in [0.2, 0.25) is 0 Å². The van der Waals surface area contributed by atoms with Crippen LogP contribution < -0.4 is 4.73 Å². The molecule has 3 unspecified atom stereocenters. The lowest BCUT2D eigenvalue weighted by Gasteiger charge is -2.31. The number of pyridine rings is 1. The maximum atomic E-state index is 15.9. The van der Waals surface area contributed by atoms with Crippen molar-refractivity contribution in [3.63, 3.8) is 0 Å². The first-order valence-electron chi connectivity index (χ1n) is 13.5. The van der Waals surface area contributed by atoms with Crippen LogP contribution in [-0.2, 0) is 29.4 Å². The van der Waals surface area contributed by atoms with Crippen molar-refractivity contribution in [2.75, 3.05) is 6.61 Å². The molecule has 1 N–H and O–H groups in total. The van der Waals surface area contributed by atoms with E-state index in [4.69, 9.17) is 4.74 Å². The van der Waals surface area contributed by atoms with E-state index in [2.05, 4.69) is 0 Å². The molecule has 206 valence electrons. The zero-order chi connectivity index (χ0) is 27.7. The van der Waals surface area contributed by atoms with E-state index >= 15 is 4.39 Å². The molecule has 6 rings (SSSR count). The quantitative estimate of drug-likeness (QED) is 0.150. The molecule has 1 saturated carbocycles. The highest BCUT2D eigenvalue weighted by molar-refractivity contribution is 5.74. The number of fused-ring (bicyclic) bond motifs is 2. The molecule has 0 bridgehead atoms. The van der Waals surface area contributed by atoms with Crippen molar-refractivity contribution in [3.8, 4) is 11.1 Å². The third-order valence-electron chi connectivity index (χ3n) is 8.58. The average molecular weight is 545 g/mol. The molecule has 3 atom stereocenters. The molecule has 0 radical (unpaired) electrons. The number of ether oxygens (including phenoxy) is 1. The topological polar surface area (TPSA) is 36.6 Å². The summed E-state index contributed by atoms with van der Waals surface area (Å²) in [4.78, 5) is 0. The standard InChI is InChI=1S/C31H31F5NO2/c1-17(2)29-24(14-25(33)19-5-9-22(10-6-19)31(34,35)36)27(20-7-11-23(32)12-8-20)28-26(37(29)38)13-21(18-3-4-18)15-30(28)16-39-30/h5-12,17-18,21,25,38H,3-4,13-16H2,1-2H3/q+1. The lowest BCUT2D eigenvalue weighted by Crippen LogP contribution is -2.47. The van der Waals surface area contributed by atoms with E-state index in [0.29, 0.717) is 41.7 Å². The number of aromatic nitrogens is 1. The number of hydrogen-bond donors (Lipinski definition) is 1. The molecule has 2 heterocycles. The van der Waals surface area contributed by atoms with Crippen LogP contribution >= 0.6 is 0 Å². The van der Waals surface area contributed by atoms with E-state index in [1.807, 2.05) is 13.8 Å². The first-order valence-corrected chi connectivity index (χ1v) is 13.5. The average Bonchev–Trinajstić information content (AvgIpc) is 3.81. The molecular formula is C31H31F5NO2+. The molecule has 2 aromatic carbocycles. The van der Waals surface area contributed by atoms with Gasteiger partial charge in [0.15, 0.2) is 0 Å². The Bertz CT molecular complexity index is 1390. The molecule has 1 aliphatic heterocycles. The van der Waals surface area contributed by atoms with Crippen molar-refractivity contribution in [1.29, 1.82) is 0 Å². The third kappa shape index (κ3) is 4.71. The summed E-state index contributed by atoms with van der Waals surface area (Å²) in [6, 6.07) is 10.1. The van der Waals surface area contributed by atoms with Crippen molar-refractivity contribution in [3.05, 3.63) is 88.0 Å². The molecule has 8 heteroatoms. The van der Waals surface area contributed by atoms with Crippen LogP contribution in [0, 0.1) is 17.7 Å². The van der Waals surface area contributed by atoms with Gasteiger partial charge in [0.05, 0.1) is 17.7 Å². The Kier molecular flexibility index (Phi) is 6.25. The first-order chi connectivity index (χ1) is 18.5. The number of rotatable bonds is 6. The normalized spacial score (nSPS) is 23.2. The minimum Gasteiger partial charge on any atom is -0.364 e. The second-order valence-electron chi connectivity index (χ2n) is 11.6. The Morgan fingerprint density at radius 1 is 1.03 bits per heavy atom. The SMILES string of the molecule is CC(C)c1c(CC(F)c2ccc(C(F)(F)F)cc2)c(-c2ccc(F)cc2)c2c([n+]1O)CC(C1CC1)CC21CO1. The van der Waals surface area contributed by atoms with Crippen LogP contribution in [0.4, 0.5) is 22.0 Å². The number of epoxide rings is 1.